The van der Waals surface area contributed by atoms with Crippen molar-refractivity contribution in [3.05, 3.63) is 59.2 Å². The summed E-state index contributed by atoms with van der Waals surface area (Å²) in [5, 5.41) is 13.7. The number of nitrogens with one attached hydrogen (secondary N) is 1. The Balaban J connectivity index is 2.02. The molecule has 9 heteroatoms. The fourth-order valence-corrected chi connectivity index (χ4v) is 4.86. The molecule has 2 rings (SSSR count). The average Bonchev–Trinajstić information content (AvgIpc) is 2.93. The van der Waals surface area contributed by atoms with Crippen LogP contribution in [0, 0.1) is 35.3 Å². The second-order valence-electron chi connectivity index (χ2n) is 11.4. The Morgan fingerprint density at radius 3 is 2.34 bits per heavy atom. The summed E-state index contributed by atoms with van der Waals surface area (Å²) in [6.45, 7) is 9.03. The van der Waals surface area contributed by atoms with Gasteiger partial charge in [-0.25, -0.2) is 8.78 Å². The summed E-state index contributed by atoms with van der Waals surface area (Å²) < 4.78 is 44.0. The Morgan fingerprint density at radius 2 is 1.71 bits per heavy atom. The zero-order valence-electron chi connectivity index (χ0n) is 25.3. The SMILES string of the molecule is COCCCOc1cc(C[C@@H](C[C@H](N)[C@@H](O)C[C@H](C(=O)NCc2cc(F)ccc2F)C(C)C)C(C)C)ccc1OC. The number of aliphatic hydroxyl groups excluding tert-OH is 1. The van der Waals surface area contributed by atoms with Gasteiger partial charge in [0, 0.05) is 44.2 Å². The third-order valence-electron chi connectivity index (χ3n) is 7.59. The van der Waals surface area contributed by atoms with Gasteiger partial charge >= 0.3 is 0 Å². The molecule has 7 nitrogen and oxygen atoms in total. The highest BCUT2D eigenvalue weighted by atomic mass is 19.1. The Labute approximate surface area is 243 Å². The van der Waals surface area contributed by atoms with Crippen molar-refractivity contribution in [2.24, 2.45) is 29.4 Å². The second-order valence-corrected chi connectivity index (χ2v) is 11.4. The van der Waals surface area contributed by atoms with Gasteiger partial charge < -0.3 is 30.4 Å². The number of halogens is 2. The lowest BCUT2D eigenvalue weighted by Gasteiger charge is -2.30. The molecule has 1 amide bonds. The summed E-state index contributed by atoms with van der Waals surface area (Å²) >= 11 is 0. The normalized spacial score (nSPS) is 14.5. The van der Waals surface area contributed by atoms with Crippen molar-refractivity contribution in [2.45, 2.75) is 72.1 Å². The molecule has 0 fully saturated rings. The highest BCUT2D eigenvalue weighted by Gasteiger charge is 2.30. The number of carbonyl (C=O) groups is 1. The van der Waals surface area contributed by atoms with Gasteiger partial charge in [0.25, 0.3) is 0 Å². The van der Waals surface area contributed by atoms with Crippen molar-refractivity contribution in [3.63, 3.8) is 0 Å². The summed E-state index contributed by atoms with van der Waals surface area (Å²) in [5.74, 6) is -0.292. The fraction of sp³-hybridized carbons (Fsp3) is 0.594. The molecular formula is C32H48F2N2O5. The summed E-state index contributed by atoms with van der Waals surface area (Å²) in [7, 11) is 3.27. The van der Waals surface area contributed by atoms with E-state index in [4.69, 9.17) is 19.9 Å². The third kappa shape index (κ3) is 11.2. The Morgan fingerprint density at radius 1 is 0.976 bits per heavy atom. The molecule has 2 aromatic carbocycles. The van der Waals surface area contributed by atoms with Crippen molar-refractivity contribution >= 4 is 5.91 Å². The van der Waals surface area contributed by atoms with Gasteiger partial charge in [0.05, 0.1) is 19.8 Å². The van der Waals surface area contributed by atoms with Crippen LogP contribution < -0.4 is 20.5 Å². The molecule has 0 heterocycles. The number of amides is 1. The van der Waals surface area contributed by atoms with Gasteiger partial charge in [-0.15, -0.1) is 0 Å². The lowest BCUT2D eigenvalue weighted by atomic mass is 9.81. The Kier molecular flexibility index (Phi) is 14.5. The molecule has 0 saturated carbocycles. The summed E-state index contributed by atoms with van der Waals surface area (Å²) in [5.41, 5.74) is 7.65. The van der Waals surface area contributed by atoms with Crippen LogP contribution in [-0.2, 0) is 22.5 Å². The van der Waals surface area contributed by atoms with E-state index in [-0.39, 0.29) is 36.3 Å². The minimum atomic E-state index is -0.907. The number of benzene rings is 2. The van der Waals surface area contributed by atoms with Crippen LogP contribution >= 0.6 is 0 Å². The Bertz CT molecular complexity index is 1080. The van der Waals surface area contributed by atoms with Gasteiger partial charge in [0.2, 0.25) is 5.91 Å². The van der Waals surface area contributed by atoms with Gasteiger partial charge in [0.1, 0.15) is 11.6 Å². The van der Waals surface area contributed by atoms with Gasteiger partial charge in [-0.1, -0.05) is 33.8 Å². The van der Waals surface area contributed by atoms with E-state index in [0.29, 0.717) is 37.1 Å². The van der Waals surface area contributed by atoms with Crippen molar-refractivity contribution in [3.8, 4) is 11.5 Å². The highest BCUT2D eigenvalue weighted by molar-refractivity contribution is 5.78. The number of hydrogen-bond acceptors (Lipinski definition) is 6. The standard InChI is InChI=1S/C32H48F2N2O5/c1-20(2)23(14-22-8-11-30(40-6)31(15-22)41-13-7-12-39-5)17-28(35)29(37)18-26(21(3)4)32(38)36-19-24-16-25(33)9-10-27(24)34/h8-11,15-16,20-21,23,26,28-29,37H,7,12-14,17-19,35H2,1-6H3,(H,36,38)/t23-,26-,28-,29-/m0/s1. The first-order chi connectivity index (χ1) is 19.5. The summed E-state index contributed by atoms with van der Waals surface area (Å²) in [4.78, 5) is 13.0. The van der Waals surface area contributed by atoms with Gasteiger partial charge in [-0.3, -0.25) is 4.79 Å². The Hall–Kier alpha value is -2.75. The van der Waals surface area contributed by atoms with Crippen LogP contribution in [0.5, 0.6) is 11.5 Å². The summed E-state index contributed by atoms with van der Waals surface area (Å²) in [6.07, 6.45) is 1.33. The van der Waals surface area contributed by atoms with Crippen molar-refractivity contribution < 1.29 is 32.9 Å². The maximum Gasteiger partial charge on any atom is 0.223 e. The molecule has 0 unspecified atom stereocenters. The molecule has 0 aliphatic carbocycles. The van der Waals surface area contributed by atoms with E-state index in [0.717, 1.165) is 36.6 Å². The van der Waals surface area contributed by atoms with Gasteiger partial charge in [0.15, 0.2) is 11.5 Å². The number of aliphatic hydroxyl groups is 1. The van der Waals surface area contributed by atoms with E-state index in [9.17, 15) is 18.7 Å². The predicted molar refractivity (Wildman–Crippen MR) is 157 cm³/mol. The molecule has 0 aliphatic rings. The van der Waals surface area contributed by atoms with Crippen LogP contribution in [0.2, 0.25) is 0 Å². The molecule has 0 spiro atoms. The number of carbonyl (C=O) groups excluding carboxylic acids is 1. The quantitative estimate of drug-likeness (QED) is 0.209. The monoisotopic (exact) mass is 578 g/mol. The molecule has 4 N–H and O–H groups in total. The number of hydrogen-bond donors (Lipinski definition) is 3. The maximum atomic E-state index is 14.0. The van der Waals surface area contributed by atoms with Gasteiger partial charge in [-0.2, -0.15) is 0 Å². The van der Waals surface area contributed by atoms with Crippen molar-refractivity contribution in [2.75, 3.05) is 27.4 Å². The number of rotatable bonds is 18. The minimum absolute atomic E-state index is 0.0694. The van der Waals surface area contributed by atoms with E-state index in [1.165, 1.54) is 0 Å². The molecule has 4 atom stereocenters. The number of ether oxygens (including phenoxy) is 3. The topological polar surface area (TPSA) is 103 Å². The number of methoxy groups -OCH3 is 2. The molecule has 0 aliphatic heterocycles. The van der Waals surface area contributed by atoms with E-state index in [2.05, 4.69) is 19.2 Å². The molecule has 0 saturated heterocycles. The molecule has 0 radical (unpaired) electrons. The van der Waals surface area contributed by atoms with E-state index in [1.807, 2.05) is 32.0 Å². The predicted octanol–water partition coefficient (Wildman–Crippen LogP) is 5.26. The molecular weight excluding hydrogens is 530 g/mol. The van der Waals surface area contributed by atoms with Crippen LogP contribution in [0.4, 0.5) is 8.78 Å². The van der Waals surface area contributed by atoms with Crippen LogP contribution in [0.25, 0.3) is 0 Å². The third-order valence-corrected chi connectivity index (χ3v) is 7.59. The van der Waals surface area contributed by atoms with Crippen molar-refractivity contribution in [1.29, 1.82) is 0 Å². The smallest absolute Gasteiger partial charge is 0.223 e. The van der Waals surface area contributed by atoms with E-state index >= 15 is 0 Å². The first kappa shape index (κ1) is 34.5. The minimum Gasteiger partial charge on any atom is -0.493 e. The first-order valence-electron chi connectivity index (χ1n) is 14.4. The molecule has 41 heavy (non-hydrogen) atoms. The van der Waals surface area contributed by atoms with Crippen LogP contribution in [-0.4, -0.2) is 50.6 Å². The second kappa shape index (κ2) is 17.3. The first-order valence-corrected chi connectivity index (χ1v) is 14.4. The number of nitrogens with two attached hydrogens (primary N) is 1. The van der Waals surface area contributed by atoms with E-state index in [1.54, 1.807) is 14.2 Å². The molecule has 230 valence electrons. The molecule has 0 bridgehead atoms. The fourth-order valence-electron chi connectivity index (χ4n) is 4.86. The average molecular weight is 579 g/mol. The lowest BCUT2D eigenvalue weighted by Crippen LogP contribution is -2.42. The summed E-state index contributed by atoms with van der Waals surface area (Å²) in [6, 6.07) is 8.49. The largest absolute Gasteiger partial charge is 0.493 e. The van der Waals surface area contributed by atoms with E-state index < -0.39 is 29.7 Å². The van der Waals surface area contributed by atoms with Gasteiger partial charge in [-0.05, 0) is 72.9 Å². The molecule has 0 aromatic heterocycles. The van der Waals surface area contributed by atoms with Crippen LogP contribution in [0.1, 0.15) is 58.1 Å². The zero-order chi connectivity index (χ0) is 30.5. The van der Waals surface area contributed by atoms with Crippen LogP contribution in [0.3, 0.4) is 0 Å². The zero-order valence-corrected chi connectivity index (χ0v) is 25.3. The maximum absolute atomic E-state index is 14.0. The molecule has 2 aromatic rings. The lowest BCUT2D eigenvalue weighted by molar-refractivity contribution is -0.127. The highest BCUT2D eigenvalue weighted by Crippen LogP contribution is 2.32. The van der Waals surface area contributed by atoms with Crippen molar-refractivity contribution in [1.82, 2.24) is 5.32 Å². The van der Waals surface area contributed by atoms with Crippen LogP contribution in [0.15, 0.2) is 36.4 Å².